The minimum absolute atomic E-state index is 0.0916. The molecule has 158 valence electrons. The van der Waals surface area contributed by atoms with Crippen molar-refractivity contribution in [2.24, 2.45) is 0 Å². The molecular formula is C22H30FN3O3. The highest BCUT2D eigenvalue weighted by atomic mass is 19.1. The van der Waals surface area contributed by atoms with Gasteiger partial charge in [-0.2, -0.15) is 0 Å². The van der Waals surface area contributed by atoms with Crippen LogP contribution in [0.2, 0.25) is 0 Å². The Bertz CT molecular complexity index is 772. The molecule has 2 saturated heterocycles. The van der Waals surface area contributed by atoms with E-state index in [2.05, 4.69) is 5.32 Å². The average Bonchev–Trinajstić information content (AvgIpc) is 2.92. The SMILES string of the molecule is CCCC[C@@]1(c2ccc(F)cc2)NC(=O)N(CC(=O)N2[C@@H](C)CCC[C@@H]2C)C1=O. The second-order valence-corrected chi connectivity index (χ2v) is 8.27. The summed E-state index contributed by atoms with van der Waals surface area (Å²) in [5, 5.41) is 2.81. The lowest BCUT2D eigenvalue weighted by Gasteiger charge is -2.39. The summed E-state index contributed by atoms with van der Waals surface area (Å²) < 4.78 is 13.4. The molecule has 0 radical (unpaired) electrons. The Kier molecular flexibility index (Phi) is 6.24. The number of rotatable bonds is 6. The maximum absolute atomic E-state index is 13.4. The zero-order valence-electron chi connectivity index (χ0n) is 17.4. The van der Waals surface area contributed by atoms with Crippen LogP contribution >= 0.6 is 0 Å². The highest BCUT2D eigenvalue weighted by Crippen LogP contribution is 2.34. The number of amides is 4. The Morgan fingerprint density at radius 3 is 2.38 bits per heavy atom. The first-order valence-electron chi connectivity index (χ1n) is 10.5. The van der Waals surface area contributed by atoms with Gasteiger partial charge in [0.2, 0.25) is 5.91 Å². The first kappa shape index (κ1) is 21.3. The molecule has 1 aromatic rings. The van der Waals surface area contributed by atoms with Crippen LogP contribution in [-0.2, 0) is 15.1 Å². The summed E-state index contributed by atoms with van der Waals surface area (Å²) in [6, 6.07) is 5.25. The van der Waals surface area contributed by atoms with Crippen LogP contribution in [0.5, 0.6) is 0 Å². The van der Waals surface area contributed by atoms with Crippen LogP contribution < -0.4 is 5.32 Å². The summed E-state index contributed by atoms with van der Waals surface area (Å²) >= 11 is 0. The third-order valence-electron chi connectivity index (χ3n) is 6.19. The molecule has 0 aromatic heterocycles. The number of hydrogen-bond donors (Lipinski definition) is 1. The van der Waals surface area contributed by atoms with Gasteiger partial charge in [0.15, 0.2) is 0 Å². The van der Waals surface area contributed by atoms with Crippen LogP contribution in [0.1, 0.15) is 64.9 Å². The number of carbonyl (C=O) groups excluding carboxylic acids is 3. The second kappa shape index (κ2) is 8.51. The van der Waals surface area contributed by atoms with Gasteiger partial charge in [-0.05, 0) is 57.2 Å². The number of halogens is 1. The smallest absolute Gasteiger partial charge is 0.325 e. The van der Waals surface area contributed by atoms with Crippen LogP contribution in [0.15, 0.2) is 24.3 Å². The molecule has 6 nitrogen and oxygen atoms in total. The Hall–Kier alpha value is -2.44. The van der Waals surface area contributed by atoms with Crippen molar-refractivity contribution in [2.75, 3.05) is 6.54 Å². The van der Waals surface area contributed by atoms with E-state index in [1.807, 2.05) is 20.8 Å². The number of likely N-dealkylation sites (tertiary alicyclic amines) is 1. The van der Waals surface area contributed by atoms with E-state index >= 15 is 0 Å². The lowest BCUT2D eigenvalue weighted by atomic mass is 9.84. The van der Waals surface area contributed by atoms with E-state index in [1.54, 1.807) is 4.90 Å². The molecule has 0 unspecified atom stereocenters. The summed E-state index contributed by atoms with van der Waals surface area (Å²) in [5.74, 6) is -1.05. The van der Waals surface area contributed by atoms with Crippen molar-refractivity contribution in [1.82, 2.24) is 15.1 Å². The molecule has 3 atom stereocenters. The molecule has 29 heavy (non-hydrogen) atoms. The fraction of sp³-hybridized carbons (Fsp3) is 0.591. The van der Waals surface area contributed by atoms with Crippen LogP contribution in [0, 0.1) is 5.82 Å². The highest BCUT2D eigenvalue weighted by Gasteiger charge is 2.52. The van der Waals surface area contributed by atoms with Crippen LogP contribution in [0.25, 0.3) is 0 Å². The Balaban J connectivity index is 1.85. The Morgan fingerprint density at radius 1 is 1.17 bits per heavy atom. The molecule has 3 rings (SSSR count). The lowest BCUT2D eigenvalue weighted by Crippen LogP contribution is -2.52. The minimum atomic E-state index is -1.25. The molecule has 2 aliphatic heterocycles. The largest absolute Gasteiger partial charge is 0.336 e. The molecule has 0 bridgehead atoms. The summed E-state index contributed by atoms with van der Waals surface area (Å²) in [4.78, 5) is 41.9. The van der Waals surface area contributed by atoms with E-state index in [4.69, 9.17) is 0 Å². The van der Waals surface area contributed by atoms with Crippen molar-refractivity contribution in [2.45, 2.75) is 76.9 Å². The number of piperidine rings is 1. The van der Waals surface area contributed by atoms with Gasteiger partial charge in [0.1, 0.15) is 17.9 Å². The monoisotopic (exact) mass is 403 g/mol. The average molecular weight is 403 g/mol. The number of nitrogens with one attached hydrogen (secondary N) is 1. The van der Waals surface area contributed by atoms with Crippen molar-refractivity contribution in [3.63, 3.8) is 0 Å². The van der Waals surface area contributed by atoms with Crippen molar-refractivity contribution in [3.8, 4) is 0 Å². The fourth-order valence-corrected chi connectivity index (χ4v) is 4.59. The first-order chi connectivity index (χ1) is 13.8. The van der Waals surface area contributed by atoms with Gasteiger partial charge in [-0.25, -0.2) is 9.18 Å². The summed E-state index contributed by atoms with van der Waals surface area (Å²) in [5.41, 5.74) is -0.708. The number of imide groups is 1. The molecule has 1 N–H and O–H groups in total. The maximum Gasteiger partial charge on any atom is 0.325 e. The van der Waals surface area contributed by atoms with Crippen LogP contribution in [0.3, 0.4) is 0 Å². The Labute approximate surface area is 171 Å². The van der Waals surface area contributed by atoms with Gasteiger partial charge in [0, 0.05) is 12.1 Å². The molecule has 0 aliphatic carbocycles. The van der Waals surface area contributed by atoms with Crippen molar-refractivity contribution >= 4 is 17.8 Å². The van der Waals surface area contributed by atoms with Crippen molar-refractivity contribution < 1.29 is 18.8 Å². The van der Waals surface area contributed by atoms with E-state index < -0.39 is 23.3 Å². The molecule has 0 saturated carbocycles. The zero-order chi connectivity index (χ0) is 21.2. The number of carbonyl (C=O) groups is 3. The number of hydrogen-bond acceptors (Lipinski definition) is 3. The third-order valence-corrected chi connectivity index (χ3v) is 6.19. The summed E-state index contributed by atoms with van der Waals surface area (Å²) in [6.07, 6.45) is 4.87. The molecule has 2 heterocycles. The topological polar surface area (TPSA) is 69.7 Å². The molecule has 4 amide bonds. The zero-order valence-corrected chi connectivity index (χ0v) is 17.4. The van der Waals surface area contributed by atoms with E-state index in [9.17, 15) is 18.8 Å². The summed E-state index contributed by atoms with van der Waals surface area (Å²) in [7, 11) is 0. The molecule has 0 spiro atoms. The van der Waals surface area contributed by atoms with Gasteiger partial charge in [-0.1, -0.05) is 31.9 Å². The normalized spacial score (nSPS) is 27.3. The van der Waals surface area contributed by atoms with Crippen LogP contribution in [-0.4, -0.2) is 46.3 Å². The van der Waals surface area contributed by atoms with Crippen molar-refractivity contribution in [3.05, 3.63) is 35.6 Å². The maximum atomic E-state index is 13.4. The molecule has 1 aromatic carbocycles. The molecular weight excluding hydrogens is 373 g/mol. The number of benzene rings is 1. The van der Waals surface area contributed by atoms with Gasteiger partial charge in [0.05, 0.1) is 0 Å². The predicted octanol–water partition coefficient (Wildman–Crippen LogP) is 3.55. The summed E-state index contributed by atoms with van der Waals surface area (Å²) in [6.45, 7) is 5.74. The quantitative estimate of drug-likeness (QED) is 0.739. The van der Waals surface area contributed by atoms with Crippen molar-refractivity contribution in [1.29, 1.82) is 0 Å². The van der Waals surface area contributed by atoms with Gasteiger partial charge >= 0.3 is 6.03 Å². The lowest BCUT2D eigenvalue weighted by molar-refractivity contribution is -0.143. The number of nitrogens with zero attached hydrogens (tertiary/aromatic N) is 2. The van der Waals surface area contributed by atoms with Gasteiger partial charge in [-0.3, -0.25) is 14.5 Å². The van der Waals surface area contributed by atoms with Crippen LogP contribution in [0.4, 0.5) is 9.18 Å². The molecule has 2 aliphatic rings. The Morgan fingerprint density at radius 2 is 1.79 bits per heavy atom. The van der Waals surface area contributed by atoms with E-state index in [0.717, 1.165) is 30.6 Å². The van der Waals surface area contributed by atoms with E-state index in [-0.39, 0.29) is 24.5 Å². The fourth-order valence-electron chi connectivity index (χ4n) is 4.59. The van der Waals surface area contributed by atoms with Gasteiger partial charge < -0.3 is 10.2 Å². The number of urea groups is 1. The van der Waals surface area contributed by atoms with Gasteiger partial charge in [0.25, 0.3) is 5.91 Å². The van der Waals surface area contributed by atoms with E-state index in [0.29, 0.717) is 18.4 Å². The molecule has 2 fully saturated rings. The highest BCUT2D eigenvalue weighted by molar-refractivity contribution is 6.09. The minimum Gasteiger partial charge on any atom is -0.336 e. The number of unbranched alkanes of at least 4 members (excludes halogenated alkanes) is 1. The molecule has 7 heteroatoms. The second-order valence-electron chi connectivity index (χ2n) is 8.27. The predicted molar refractivity (Wildman–Crippen MR) is 107 cm³/mol. The standard InChI is InChI=1S/C22H30FN3O3/c1-4-5-13-22(17-9-11-18(23)12-10-17)20(28)25(21(29)24-22)14-19(27)26-15(2)7-6-8-16(26)3/h9-12,15-16H,4-8,13-14H2,1-3H3,(H,24,29)/t15-,16-,22-/m0/s1. The van der Waals surface area contributed by atoms with E-state index in [1.165, 1.54) is 24.3 Å². The first-order valence-corrected chi connectivity index (χ1v) is 10.5. The third kappa shape index (κ3) is 4.00. The van der Waals surface area contributed by atoms with Gasteiger partial charge in [-0.15, -0.1) is 0 Å².